The minimum absolute atomic E-state index is 0.276. The minimum Gasteiger partial charge on any atom is -0.382 e. The van der Waals surface area contributed by atoms with Gasteiger partial charge in [-0.05, 0) is 11.8 Å². The molecule has 0 aromatic heterocycles. The third-order valence-corrected chi connectivity index (χ3v) is 2.21. The molecule has 3 heteroatoms. The summed E-state index contributed by atoms with van der Waals surface area (Å²) in [5.41, 5.74) is 1.35. The summed E-state index contributed by atoms with van der Waals surface area (Å²) in [6, 6.07) is 0.412. The van der Waals surface area contributed by atoms with Crippen LogP contribution in [-0.4, -0.2) is 30.4 Å². The third-order valence-electron chi connectivity index (χ3n) is 2.21. The fraction of sp³-hybridized carbons (Fsp3) is 0.727. The molecule has 1 fully saturated rings. The maximum absolute atomic E-state index is 10.3. The topological polar surface area (TPSA) is 32.3 Å². The van der Waals surface area contributed by atoms with Crippen molar-refractivity contribution < 1.29 is 4.79 Å². The highest BCUT2D eigenvalue weighted by molar-refractivity contribution is 5.49. The Kier molecular flexibility index (Phi) is 3.19. The quantitative estimate of drug-likeness (QED) is 0.689. The largest absolute Gasteiger partial charge is 0.382 e. The number of likely N-dealkylation sites (tertiary alicyclic amines) is 1. The van der Waals surface area contributed by atoms with Gasteiger partial charge in [-0.1, -0.05) is 27.4 Å². The van der Waals surface area contributed by atoms with Crippen LogP contribution in [0.2, 0.25) is 0 Å². The van der Waals surface area contributed by atoms with E-state index in [4.69, 9.17) is 0 Å². The molecule has 0 saturated carbocycles. The normalized spacial score (nSPS) is 17.5. The molecule has 1 aliphatic heterocycles. The lowest BCUT2D eigenvalue weighted by Gasteiger charge is -2.38. The standard InChI is InChI=1S/C11H20N2O/c1-9(5-11(2,3)4)12-10-6-13(7-10)8-14/h8,10,12H,1,5-7H2,2-4H3. The van der Waals surface area contributed by atoms with E-state index in [1.165, 1.54) is 0 Å². The van der Waals surface area contributed by atoms with Crippen LogP contribution in [0.25, 0.3) is 0 Å². The van der Waals surface area contributed by atoms with Gasteiger partial charge >= 0.3 is 0 Å². The molecule has 1 saturated heterocycles. The van der Waals surface area contributed by atoms with Gasteiger partial charge in [-0.15, -0.1) is 0 Å². The van der Waals surface area contributed by atoms with Crippen molar-refractivity contribution >= 4 is 6.41 Å². The fourth-order valence-electron chi connectivity index (χ4n) is 1.67. The van der Waals surface area contributed by atoms with Crippen LogP contribution < -0.4 is 5.32 Å². The van der Waals surface area contributed by atoms with E-state index >= 15 is 0 Å². The highest BCUT2D eigenvalue weighted by Gasteiger charge is 2.25. The smallest absolute Gasteiger partial charge is 0.209 e. The van der Waals surface area contributed by atoms with Gasteiger partial charge in [-0.25, -0.2) is 0 Å². The van der Waals surface area contributed by atoms with Crippen molar-refractivity contribution in [3.05, 3.63) is 12.3 Å². The number of hydrogen-bond acceptors (Lipinski definition) is 2. The summed E-state index contributed by atoms with van der Waals surface area (Å²) >= 11 is 0. The third kappa shape index (κ3) is 3.40. The lowest BCUT2D eigenvalue weighted by molar-refractivity contribution is -0.122. The molecule has 0 spiro atoms. The first-order valence-corrected chi connectivity index (χ1v) is 5.04. The van der Waals surface area contributed by atoms with Crippen LogP contribution in [0.1, 0.15) is 27.2 Å². The number of carbonyl (C=O) groups excluding carboxylic acids is 1. The van der Waals surface area contributed by atoms with Crippen molar-refractivity contribution in [2.45, 2.75) is 33.2 Å². The predicted octanol–water partition coefficient (Wildman–Crippen LogP) is 1.37. The molecule has 0 aromatic carbocycles. The molecule has 0 bridgehead atoms. The Bertz CT molecular complexity index is 224. The van der Waals surface area contributed by atoms with Crippen LogP contribution in [0.5, 0.6) is 0 Å². The summed E-state index contributed by atoms with van der Waals surface area (Å²) in [6.45, 7) is 12.2. The van der Waals surface area contributed by atoms with E-state index in [-0.39, 0.29) is 5.41 Å². The summed E-state index contributed by atoms with van der Waals surface area (Å²) in [6.07, 6.45) is 1.87. The number of allylic oxidation sites excluding steroid dienone is 1. The number of carbonyl (C=O) groups is 1. The maximum atomic E-state index is 10.3. The van der Waals surface area contributed by atoms with Gasteiger partial charge in [0, 0.05) is 18.8 Å². The van der Waals surface area contributed by atoms with Crippen molar-refractivity contribution in [3.63, 3.8) is 0 Å². The molecule has 80 valence electrons. The summed E-state index contributed by atoms with van der Waals surface area (Å²) in [5, 5.41) is 3.34. The van der Waals surface area contributed by atoms with Crippen LogP contribution in [-0.2, 0) is 4.79 Å². The van der Waals surface area contributed by atoms with Crippen LogP contribution in [0.4, 0.5) is 0 Å². The molecule has 1 rings (SSSR count). The first kappa shape index (κ1) is 11.1. The number of hydrogen-bond donors (Lipinski definition) is 1. The second kappa shape index (κ2) is 4.03. The Morgan fingerprint density at radius 2 is 2.14 bits per heavy atom. The van der Waals surface area contributed by atoms with Crippen LogP contribution in [0, 0.1) is 5.41 Å². The van der Waals surface area contributed by atoms with E-state index in [2.05, 4.69) is 32.7 Å². The number of rotatable bonds is 4. The van der Waals surface area contributed by atoms with Gasteiger partial charge in [0.15, 0.2) is 0 Å². The SMILES string of the molecule is C=C(CC(C)(C)C)NC1CN(C=O)C1. The van der Waals surface area contributed by atoms with Crippen molar-refractivity contribution in [1.29, 1.82) is 0 Å². The maximum Gasteiger partial charge on any atom is 0.209 e. The lowest BCUT2D eigenvalue weighted by Crippen LogP contribution is -2.56. The van der Waals surface area contributed by atoms with Gasteiger partial charge in [0.2, 0.25) is 6.41 Å². The molecule has 1 aliphatic rings. The van der Waals surface area contributed by atoms with E-state index in [1.807, 2.05) is 0 Å². The molecular formula is C11H20N2O. The zero-order valence-corrected chi connectivity index (χ0v) is 9.34. The molecular weight excluding hydrogens is 176 g/mol. The molecule has 0 unspecified atom stereocenters. The van der Waals surface area contributed by atoms with Crippen LogP contribution in [0.15, 0.2) is 12.3 Å². The van der Waals surface area contributed by atoms with Gasteiger partial charge < -0.3 is 10.2 Å². The van der Waals surface area contributed by atoms with E-state index in [1.54, 1.807) is 4.90 Å². The average molecular weight is 196 g/mol. The van der Waals surface area contributed by atoms with Gasteiger partial charge in [0.1, 0.15) is 0 Å². The molecule has 3 nitrogen and oxygen atoms in total. The summed E-state index contributed by atoms with van der Waals surface area (Å²) in [7, 11) is 0. The van der Waals surface area contributed by atoms with Crippen molar-refractivity contribution in [2.24, 2.45) is 5.41 Å². The van der Waals surface area contributed by atoms with E-state index < -0.39 is 0 Å². The highest BCUT2D eigenvalue weighted by atomic mass is 16.1. The fourth-order valence-corrected chi connectivity index (χ4v) is 1.67. The molecule has 14 heavy (non-hydrogen) atoms. The van der Waals surface area contributed by atoms with Crippen molar-refractivity contribution in [2.75, 3.05) is 13.1 Å². The molecule has 1 amide bonds. The Morgan fingerprint density at radius 1 is 1.57 bits per heavy atom. The summed E-state index contributed by atoms with van der Waals surface area (Å²) in [4.78, 5) is 12.1. The Hall–Kier alpha value is -0.990. The minimum atomic E-state index is 0.276. The summed E-state index contributed by atoms with van der Waals surface area (Å²) < 4.78 is 0. The van der Waals surface area contributed by atoms with Crippen molar-refractivity contribution in [3.8, 4) is 0 Å². The highest BCUT2D eigenvalue weighted by Crippen LogP contribution is 2.22. The lowest BCUT2D eigenvalue weighted by atomic mass is 9.90. The zero-order chi connectivity index (χ0) is 10.8. The molecule has 0 aromatic rings. The Morgan fingerprint density at radius 3 is 2.57 bits per heavy atom. The van der Waals surface area contributed by atoms with Gasteiger partial charge in [0.05, 0.1) is 6.04 Å². The Balaban J connectivity index is 2.20. The Labute approximate surface area is 86.2 Å². The molecule has 0 radical (unpaired) electrons. The van der Waals surface area contributed by atoms with Gasteiger partial charge in [-0.2, -0.15) is 0 Å². The predicted molar refractivity (Wildman–Crippen MR) is 57.8 cm³/mol. The second-order valence-electron chi connectivity index (χ2n) is 5.24. The number of nitrogens with one attached hydrogen (secondary N) is 1. The van der Waals surface area contributed by atoms with Gasteiger partial charge in [-0.3, -0.25) is 4.79 Å². The molecule has 1 N–H and O–H groups in total. The molecule has 1 heterocycles. The first-order valence-electron chi connectivity index (χ1n) is 5.04. The van der Waals surface area contributed by atoms with Crippen molar-refractivity contribution in [1.82, 2.24) is 10.2 Å². The monoisotopic (exact) mass is 196 g/mol. The number of nitrogens with zero attached hydrogens (tertiary/aromatic N) is 1. The van der Waals surface area contributed by atoms with E-state index in [9.17, 15) is 4.79 Å². The van der Waals surface area contributed by atoms with E-state index in [0.29, 0.717) is 6.04 Å². The molecule has 0 aliphatic carbocycles. The first-order chi connectivity index (χ1) is 6.40. The summed E-state index contributed by atoms with van der Waals surface area (Å²) in [5.74, 6) is 0. The second-order valence-corrected chi connectivity index (χ2v) is 5.24. The molecule has 0 atom stereocenters. The average Bonchev–Trinajstić information content (AvgIpc) is 1.91. The van der Waals surface area contributed by atoms with Crippen LogP contribution >= 0.6 is 0 Å². The van der Waals surface area contributed by atoms with E-state index in [0.717, 1.165) is 31.6 Å². The number of amides is 1. The van der Waals surface area contributed by atoms with Gasteiger partial charge in [0.25, 0.3) is 0 Å². The van der Waals surface area contributed by atoms with Crippen LogP contribution in [0.3, 0.4) is 0 Å². The zero-order valence-electron chi connectivity index (χ0n) is 9.34.